The second-order valence-electron chi connectivity index (χ2n) is 6.01. The lowest BCUT2D eigenvalue weighted by atomic mass is 10.2. The molecule has 0 spiro atoms. The molecule has 1 amide bonds. The van der Waals surface area contributed by atoms with E-state index in [1.165, 1.54) is 6.20 Å². The largest absolute Gasteiger partial charge is 0.337 e. The van der Waals surface area contributed by atoms with Gasteiger partial charge in [0.05, 0.1) is 23.1 Å². The summed E-state index contributed by atoms with van der Waals surface area (Å²) in [5.41, 5.74) is 4.25. The molecule has 4 aromatic rings. The molecule has 7 nitrogen and oxygen atoms in total. The fourth-order valence-electron chi connectivity index (χ4n) is 2.69. The van der Waals surface area contributed by atoms with Crippen molar-refractivity contribution < 1.29 is 4.79 Å². The second kappa shape index (κ2) is 6.27. The zero-order valence-electron chi connectivity index (χ0n) is 14.1. The first-order chi connectivity index (χ1) is 12.5. The number of imidazole rings is 2. The molecule has 0 atom stereocenters. The number of aryl methyl sites for hydroxylation is 2. The van der Waals surface area contributed by atoms with Crippen LogP contribution in [0.15, 0.2) is 43.0 Å². The summed E-state index contributed by atoms with van der Waals surface area (Å²) in [5.74, 6) is 0.347. The maximum Gasteiger partial charge on any atom is 0.273 e. The van der Waals surface area contributed by atoms with Gasteiger partial charge in [-0.15, -0.1) is 0 Å². The van der Waals surface area contributed by atoms with Gasteiger partial charge in [0.25, 0.3) is 5.91 Å². The number of nitrogens with zero attached hydrogens (tertiary/aromatic N) is 4. The van der Waals surface area contributed by atoms with Crippen LogP contribution in [0.2, 0.25) is 5.02 Å². The number of rotatable bonds is 3. The Balaban J connectivity index is 1.69. The van der Waals surface area contributed by atoms with Crippen LogP contribution in [0.5, 0.6) is 0 Å². The molecule has 0 aliphatic carbocycles. The van der Waals surface area contributed by atoms with Crippen molar-refractivity contribution in [3.63, 3.8) is 0 Å². The van der Waals surface area contributed by atoms with Crippen molar-refractivity contribution >= 4 is 34.4 Å². The number of aromatic amines is 1. The Morgan fingerprint density at radius 3 is 2.88 bits per heavy atom. The van der Waals surface area contributed by atoms with Crippen LogP contribution in [0.25, 0.3) is 22.6 Å². The topological polar surface area (TPSA) is 88.5 Å². The fourth-order valence-corrected chi connectivity index (χ4v) is 2.89. The van der Waals surface area contributed by atoms with Crippen LogP contribution in [0, 0.1) is 6.92 Å². The van der Waals surface area contributed by atoms with E-state index in [1.807, 2.05) is 13.0 Å². The smallest absolute Gasteiger partial charge is 0.273 e. The first-order valence-corrected chi connectivity index (χ1v) is 8.29. The van der Waals surface area contributed by atoms with Gasteiger partial charge in [0.2, 0.25) is 0 Å². The standard InChI is InChI=1S/C18H15ClN6O/c1-10-5-14-17(21-7-10)24-16(23-14)12-6-11(3-4-13(12)19)22-18(26)15-8-20-9-25(15)2/h3-9H,1-2H3,(H,22,26)(H,21,23,24). The van der Waals surface area contributed by atoms with E-state index in [0.717, 1.165) is 11.1 Å². The highest BCUT2D eigenvalue weighted by molar-refractivity contribution is 6.33. The summed E-state index contributed by atoms with van der Waals surface area (Å²) < 4.78 is 1.65. The Labute approximate surface area is 154 Å². The molecule has 0 aliphatic rings. The Bertz CT molecular complexity index is 1130. The van der Waals surface area contributed by atoms with Gasteiger partial charge in [0.1, 0.15) is 11.5 Å². The molecule has 3 aromatic heterocycles. The van der Waals surface area contributed by atoms with E-state index in [0.29, 0.717) is 33.4 Å². The number of carbonyl (C=O) groups excluding carboxylic acids is 1. The lowest BCUT2D eigenvalue weighted by Crippen LogP contribution is -2.15. The molecule has 0 aliphatic heterocycles. The molecule has 26 heavy (non-hydrogen) atoms. The second-order valence-corrected chi connectivity index (χ2v) is 6.41. The molecule has 3 heterocycles. The van der Waals surface area contributed by atoms with Gasteiger partial charge in [-0.3, -0.25) is 4.79 Å². The van der Waals surface area contributed by atoms with Crippen molar-refractivity contribution in [3.05, 3.63) is 59.3 Å². The van der Waals surface area contributed by atoms with Gasteiger partial charge in [-0.1, -0.05) is 11.6 Å². The number of benzene rings is 1. The molecule has 130 valence electrons. The number of amides is 1. The van der Waals surface area contributed by atoms with Gasteiger partial charge in [0.15, 0.2) is 5.65 Å². The molecule has 1 aromatic carbocycles. The summed E-state index contributed by atoms with van der Waals surface area (Å²) in [4.78, 5) is 28.3. The molecule has 0 saturated carbocycles. The highest BCUT2D eigenvalue weighted by Crippen LogP contribution is 2.30. The molecule has 0 unspecified atom stereocenters. The van der Waals surface area contributed by atoms with Crippen molar-refractivity contribution in [1.29, 1.82) is 0 Å². The SMILES string of the molecule is Cc1cnc2nc(-c3cc(NC(=O)c4cncn4C)ccc3Cl)[nH]c2c1. The number of nitrogens with one attached hydrogen (secondary N) is 2. The normalized spacial score (nSPS) is 11.0. The maximum absolute atomic E-state index is 12.4. The van der Waals surface area contributed by atoms with Gasteiger partial charge >= 0.3 is 0 Å². The van der Waals surface area contributed by atoms with Gasteiger partial charge in [-0.25, -0.2) is 15.0 Å². The minimum absolute atomic E-state index is 0.250. The van der Waals surface area contributed by atoms with E-state index in [-0.39, 0.29) is 5.91 Å². The Morgan fingerprint density at radius 1 is 1.27 bits per heavy atom. The third-order valence-corrected chi connectivity index (χ3v) is 4.33. The Morgan fingerprint density at radius 2 is 2.12 bits per heavy atom. The van der Waals surface area contributed by atoms with E-state index in [4.69, 9.17) is 11.6 Å². The van der Waals surface area contributed by atoms with Crippen molar-refractivity contribution in [2.75, 3.05) is 5.32 Å². The average molecular weight is 367 g/mol. The van der Waals surface area contributed by atoms with Crippen LogP contribution in [-0.4, -0.2) is 30.4 Å². The summed E-state index contributed by atoms with van der Waals surface area (Å²) in [6, 6.07) is 7.22. The molecule has 0 saturated heterocycles. The zero-order chi connectivity index (χ0) is 18.3. The molecule has 8 heteroatoms. The minimum atomic E-state index is -0.250. The number of H-pyrrole nitrogens is 1. The quantitative estimate of drug-likeness (QED) is 0.580. The van der Waals surface area contributed by atoms with Gasteiger partial charge in [-0.05, 0) is 36.8 Å². The molecular formula is C18H15ClN6O. The summed E-state index contributed by atoms with van der Waals surface area (Å²) in [7, 11) is 1.76. The number of pyridine rings is 1. The Kier molecular flexibility index (Phi) is 3.93. The molecule has 0 bridgehead atoms. The third kappa shape index (κ3) is 2.93. The molecule has 0 radical (unpaired) electrons. The number of hydrogen-bond acceptors (Lipinski definition) is 4. The highest BCUT2D eigenvalue weighted by atomic mass is 35.5. The molecule has 0 fully saturated rings. The monoisotopic (exact) mass is 366 g/mol. The van der Waals surface area contributed by atoms with Crippen LogP contribution in [0.3, 0.4) is 0 Å². The fraction of sp³-hybridized carbons (Fsp3) is 0.111. The van der Waals surface area contributed by atoms with E-state index in [1.54, 1.807) is 42.3 Å². The molecular weight excluding hydrogens is 352 g/mol. The number of aromatic nitrogens is 5. The first kappa shape index (κ1) is 16.3. The van der Waals surface area contributed by atoms with E-state index in [2.05, 4.69) is 25.3 Å². The van der Waals surface area contributed by atoms with Crippen molar-refractivity contribution in [2.45, 2.75) is 6.92 Å². The number of hydrogen-bond donors (Lipinski definition) is 2. The summed E-state index contributed by atoms with van der Waals surface area (Å²) in [5, 5.41) is 3.38. The summed E-state index contributed by atoms with van der Waals surface area (Å²) >= 11 is 6.34. The molecule has 2 N–H and O–H groups in total. The van der Waals surface area contributed by atoms with Crippen molar-refractivity contribution in [3.8, 4) is 11.4 Å². The van der Waals surface area contributed by atoms with Gasteiger partial charge in [0, 0.05) is 24.5 Å². The maximum atomic E-state index is 12.4. The summed E-state index contributed by atoms with van der Waals surface area (Å²) in [6.07, 6.45) is 4.85. The van der Waals surface area contributed by atoms with Crippen LogP contribution in [0.1, 0.15) is 16.1 Å². The molecule has 4 rings (SSSR count). The van der Waals surface area contributed by atoms with Gasteiger partial charge in [-0.2, -0.15) is 0 Å². The van der Waals surface area contributed by atoms with Crippen LogP contribution < -0.4 is 5.32 Å². The number of fused-ring (bicyclic) bond motifs is 1. The zero-order valence-corrected chi connectivity index (χ0v) is 14.9. The Hall–Kier alpha value is -3.19. The number of carbonyl (C=O) groups is 1. The lowest BCUT2D eigenvalue weighted by molar-refractivity contribution is 0.101. The van der Waals surface area contributed by atoms with E-state index < -0.39 is 0 Å². The summed E-state index contributed by atoms with van der Waals surface area (Å²) in [6.45, 7) is 1.97. The number of anilines is 1. The first-order valence-electron chi connectivity index (χ1n) is 7.91. The van der Waals surface area contributed by atoms with E-state index in [9.17, 15) is 4.79 Å². The number of halogens is 1. The van der Waals surface area contributed by atoms with Crippen molar-refractivity contribution in [1.82, 2.24) is 24.5 Å². The van der Waals surface area contributed by atoms with E-state index >= 15 is 0 Å². The minimum Gasteiger partial charge on any atom is -0.337 e. The van der Waals surface area contributed by atoms with Crippen LogP contribution in [-0.2, 0) is 7.05 Å². The van der Waals surface area contributed by atoms with Gasteiger partial charge < -0.3 is 14.9 Å². The highest BCUT2D eigenvalue weighted by Gasteiger charge is 2.14. The van der Waals surface area contributed by atoms with Crippen LogP contribution >= 0.6 is 11.6 Å². The predicted molar refractivity (Wildman–Crippen MR) is 100 cm³/mol. The lowest BCUT2D eigenvalue weighted by Gasteiger charge is -2.08. The predicted octanol–water partition coefficient (Wildman–Crippen LogP) is 3.57. The third-order valence-electron chi connectivity index (χ3n) is 4.00. The average Bonchev–Trinajstić information content (AvgIpc) is 3.22. The van der Waals surface area contributed by atoms with Crippen molar-refractivity contribution in [2.24, 2.45) is 7.05 Å². The van der Waals surface area contributed by atoms with Crippen LogP contribution in [0.4, 0.5) is 5.69 Å².